The summed E-state index contributed by atoms with van der Waals surface area (Å²) in [5.41, 5.74) is 1.43. The predicted octanol–water partition coefficient (Wildman–Crippen LogP) is 5.26. The van der Waals surface area contributed by atoms with Gasteiger partial charge in [-0.1, -0.05) is 12.1 Å². The highest BCUT2D eigenvalue weighted by Gasteiger charge is 2.28. The summed E-state index contributed by atoms with van der Waals surface area (Å²) in [5, 5.41) is 11.8. The Morgan fingerprint density at radius 3 is 2.26 bits per heavy atom. The number of ether oxygens (including phenoxy) is 1. The standard InChI is InChI=1S/C27H29F2NO5/c28-22-15-25(35-20-11-9-19(10-12-20)27(33)34)23(29)14-21(22)24(31)2-1-13-30-26(32)18-7-5-17(6-8-18)16-3-4-16/h5-8,14-16,19-20H,1-4,9-13H2,(H,30,32)(H,33,34). The normalized spacial score (nSPS) is 19.7. The molecule has 0 bridgehead atoms. The van der Waals surface area contributed by atoms with Crippen LogP contribution in [-0.4, -0.2) is 35.4 Å². The van der Waals surface area contributed by atoms with Gasteiger partial charge < -0.3 is 15.2 Å². The monoisotopic (exact) mass is 485 g/mol. The van der Waals surface area contributed by atoms with Crippen LogP contribution in [0, 0.1) is 17.6 Å². The number of aliphatic carboxylic acids is 1. The Morgan fingerprint density at radius 1 is 0.943 bits per heavy atom. The van der Waals surface area contributed by atoms with E-state index in [1.54, 1.807) is 12.1 Å². The molecule has 0 atom stereocenters. The second-order valence-corrected chi connectivity index (χ2v) is 9.37. The quantitative estimate of drug-likeness (QED) is 0.354. The number of carboxylic acid groups (broad SMARTS) is 1. The van der Waals surface area contributed by atoms with Crippen LogP contribution in [0.25, 0.3) is 0 Å². The Morgan fingerprint density at radius 2 is 1.63 bits per heavy atom. The number of carboxylic acids is 1. The Kier molecular flexibility index (Phi) is 7.78. The summed E-state index contributed by atoms with van der Waals surface area (Å²) in [6, 6.07) is 9.21. The van der Waals surface area contributed by atoms with Gasteiger partial charge in [0, 0.05) is 24.6 Å². The number of Topliss-reactive ketones (excluding diaryl/α,β-unsaturated/α-hetero) is 1. The van der Waals surface area contributed by atoms with E-state index in [1.165, 1.54) is 18.4 Å². The fourth-order valence-corrected chi connectivity index (χ4v) is 4.45. The first-order valence-electron chi connectivity index (χ1n) is 12.1. The Hall–Kier alpha value is -3.29. The zero-order valence-electron chi connectivity index (χ0n) is 19.4. The number of ketones is 1. The molecule has 0 aliphatic heterocycles. The van der Waals surface area contributed by atoms with Crippen LogP contribution in [0.1, 0.15) is 83.6 Å². The molecule has 1 amide bonds. The second kappa shape index (κ2) is 11.0. The third kappa shape index (κ3) is 6.44. The van der Waals surface area contributed by atoms with Crippen molar-refractivity contribution in [3.8, 4) is 5.75 Å². The van der Waals surface area contributed by atoms with Crippen LogP contribution in [0.4, 0.5) is 8.78 Å². The number of halogens is 2. The number of nitrogens with one attached hydrogen (secondary N) is 1. The molecule has 0 spiro atoms. The summed E-state index contributed by atoms with van der Waals surface area (Å²) in [5.74, 6) is -3.46. The first-order valence-corrected chi connectivity index (χ1v) is 12.1. The molecule has 35 heavy (non-hydrogen) atoms. The van der Waals surface area contributed by atoms with Crippen molar-refractivity contribution in [2.75, 3.05) is 6.54 Å². The molecule has 2 aliphatic carbocycles. The Bertz CT molecular complexity index is 1090. The highest BCUT2D eigenvalue weighted by atomic mass is 19.1. The SMILES string of the molecule is O=C(NCCCC(=O)c1cc(F)c(OC2CCC(C(=O)O)CC2)cc1F)c1ccc(C2CC2)cc1. The number of carbonyl (C=O) groups is 3. The average Bonchev–Trinajstić information content (AvgIpc) is 3.69. The van der Waals surface area contributed by atoms with Gasteiger partial charge in [-0.3, -0.25) is 14.4 Å². The van der Waals surface area contributed by atoms with E-state index in [4.69, 9.17) is 9.84 Å². The molecular weight excluding hydrogens is 456 g/mol. The molecule has 0 radical (unpaired) electrons. The van der Waals surface area contributed by atoms with Crippen LogP contribution in [0.5, 0.6) is 5.75 Å². The summed E-state index contributed by atoms with van der Waals surface area (Å²) >= 11 is 0. The molecule has 0 aromatic heterocycles. The Balaban J connectivity index is 1.24. The topological polar surface area (TPSA) is 92.7 Å². The van der Waals surface area contributed by atoms with Gasteiger partial charge in [-0.05, 0) is 74.6 Å². The van der Waals surface area contributed by atoms with Crippen LogP contribution in [0.3, 0.4) is 0 Å². The molecule has 8 heteroatoms. The van der Waals surface area contributed by atoms with E-state index in [0.717, 1.165) is 12.1 Å². The van der Waals surface area contributed by atoms with Crippen LogP contribution >= 0.6 is 0 Å². The molecule has 2 saturated carbocycles. The molecule has 0 heterocycles. The van der Waals surface area contributed by atoms with E-state index in [2.05, 4.69) is 5.32 Å². The third-order valence-corrected chi connectivity index (χ3v) is 6.73. The number of benzene rings is 2. The van der Waals surface area contributed by atoms with Crippen molar-refractivity contribution < 1.29 is 33.0 Å². The number of carbonyl (C=O) groups excluding carboxylic acids is 2. The average molecular weight is 486 g/mol. The van der Waals surface area contributed by atoms with Gasteiger partial charge in [0.15, 0.2) is 17.3 Å². The smallest absolute Gasteiger partial charge is 0.306 e. The van der Waals surface area contributed by atoms with Gasteiger partial charge in [0.2, 0.25) is 0 Å². The van der Waals surface area contributed by atoms with E-state index >= 15 is 0 Å². The lowest BCUT2D eigenvalue weighted by molar-refractivity contribution is -0.143. The summed E-state index contributed by atoms with van der Waals surface area (Å²) in [6.45, 7) is 0.235. The predicted molar refractivity (Wildman–Crippen MR) is 125 cm³/mol. The maximum absolute atomic E-state index is 14.5. The zero-order valence-corrected chi connectivity index (χ0v) is 19.4. The molecule has 2 aliphatic rings. The minimum Gasteiger partial charge on any atom is -0.487 e. The molecule has 2 aromatic carbocycles. The minimum absolute atomic E-state index is 0.0450. The minimum atomic E-state index is -0.870. The molecule has 2 aromatic rings. The lowest BCUT2D eigenvalue weighted by Crippen LogP contribution is -2.28. The van der Waals surface area contributed by atoms with Crippen molar-refractivity contribution in [1.82, 2.24) is 5.32 Å². The van der Waals surface area contributed by atoms with Crippen molar-refractivity contribution in [2.45, 2.75) is 63.4 Å². The van der Waals surface area contributed by atoms with Gasteiger partial charge in [-0.15, -0.1) is 0 Å². The maximum atomic E-state index is 14.5. The van der Waals surface area contributed by atoms with Crippen molar-refractivity contribution >= 4 is 17.7 Å². The summed E-state index contributed by atoms with van der Waals surface area (Å²) in [6.07, 6.45) is 3.95. The molecule has 186 valence electrons. The van der Waals surface area contributed by atoms with Crippen LogP contribution in [0.15, 0.2) is 36.4 Å². The number of rotatable bonds is 10. The molecule has 6 nitrogen and oxygen atoms in total. The van der Waals surface area contributed by atoms with Gasteiger partial charge in [0.25, 0.3) is 5.91 Å². The van der Waals surface area contributed by atoms with Crippen molar-refractivity contribution in [3.05, 3.63) is 64.7 Å². The largest absolute Gasteiger partial charge is 0.487 e. The van der Waals surface area contributed by atoms with E-state index < -0.39 is 35.4 Å². The molecule has 2 fully saturated rings. The highest BCUT2D eigenvalue weighted by molar-refractivity contribution is 5.96. The zero-order chi connectivity index (χ0) is 24.9. The van der Waals surface area contributed by atoms with Crippen LogP contribution in [0.2, 0.25) is 0 Å². The van der Waals surface area contributed by atoms with Gasteiger partial charge in [0.1, 0.15) is 5.82 Å². The molecule has 0 unspecified atom stereocenters. The van der Waals surface area contributed by atoms with Crippen molar-refractivity contribution in [1.29, 1.82) is 0 Å². The van der Waals surface area contributed by atoms with Gasteiger partial charge in [-0.25, -0.2) is 8.78 Å². The van der Waals surface area contributed by atoms with Crippen molar-refractivity contribution in [2.24, 2.45) is 5.92 Å². The number of hydrogen-bond acceptors (Lipinski definition) is 4. The fourth-order valence-electron chi connectivity index (χ4n) is 4.45. The van der Waals surface area contributed by atoms with E-state index in [1.807, 2.05) is 12.1 Å². The molecule has 4 rings (SSSR count). The first-order chi connectivity index (χ1) is 16.8. The number of hydrogen-bond donors (Lipinski definition) is 2. The lowest BCUT2D eigenvalue weighted by atomic mass is 9.87. The van der Waals surface area contributed by atoms with E-state index in [-0.39, 0.29) is 36.6 Å². The van der Waals surface area contributed by atoms with Crippen LogP contribution in [-0.2, 0) is 4.79 Å². The number of amides is 1. The summed E-state index contributed by atoms with van der Waals surface area (Å²) in [4.78, 5) is 35.7. The third-order valence-electron chi connectivity index (χ3n) is 6.73. The highest BCUT2D eigenvalue weighted by Crippen LogP contribution is 2.39. The molecular formula is C27H29F2NO5. The van der Waals surface area contributed by atoms with Gasteiger partial charge >= 0.3 is 5.97 Å². The van der Waals surface area contributed by atoms with Gasteiger partial charge in [-0.2, -0.15) is 0 Å². The molecule has 0 saturated heterocycles. The van der Waals surface area contributed by atoms with Gasteiger partial charge in [0.05, 0.1) is 17.6 Å². The first kappa shape index (κ1) is 24.8. The fraction of sp³-hybridized carbons (Fsp3) is 0.444. The van der Waals surface area contributed by atoms with Crippen molar-refractivity contribution in [3.63, 3.8) is 0 Å². The summed E-state index contributed by atoms with van der Waals surface area (Å²) in [7, 11) is 0. The maximum Gasteiger partial charge on any atom is 0.306 e. The lowest BCUT2D eigenvalue weighted by Gasteiger charge is -2.27. The second-order valence-electron chi connectivity index (χ2n) is 9.37. The van der Waals surface area contributed by atoms with E-state index in [9.17, 15) is 23.2 Å². The van der Waals surface area contributed by atoms with Crippen LogP contribution < -0.4 is 10.1 Å². The van der Waals surface area contributed by atoms with E-state index in [0.29, 0.717) is 37.2 Å². The Labute approximate surface area is 202 Å². The molecule has 2 N–H and O–H groups in total. The summed E-state index contributed by atoms with van der Waals surface area (Å²) < 4.78 is 34.6.